The maximum absolute atomic E-state index is 11.2. The molecule has 0 bridgehead atoms. The zero-order chi connectivity index (χ0) is 19.2. The average Bonchev–Trinajstić information content (AvgIpc) is 2.70. The van der Waals surface area contributed by atoms with Crippen LogP contribution >= 0.6 is 0 Å². The van der Waals surface area contributed by atoms with Gasteiger partial charge in [0.1, 0.15) is 11.6 Å². The zero-order valence-corrected chi connectivity index (χ0v) is 14.5. The fraction of sp³-hybridized carbons (Fsp3) is 0.100. The van der Waals surface area contributed by atoms with Crippen molar-refractivity contribution in [2.24, 2.45) is 0 Å². The maximum atomic E-state index is 11.2. The number of nitriles is 1. The number of ether oxygens (including phenoxy) is 2. The van der Waals surface area contributed by atoms with Gasteiger partial charge in [0.2, 0.25) is 0 Å². The third kappa shape index (κ3) is 4.02. The maximum Gasteiger partial charge on any atom is 0.295 e. The number of hydrogen-bond donors (Lipinski definition) is 0. The first kappa shape index (κ1) is 17.9. The molecule has 0 atom stereocenters. The predicted molar refractivity (Wildman–Crippen MR) is 101 cm³/mol. The normalized spacial score (nSPS) is 10.7. The molecule has 1 heterocycles. The molecule has 0 spiro atoms. The van der Waals surface area contributed by atoms with E-state index < -0.39 is 4.92 Å². The molecule has 0 fully saturated rings. The fourth-order valence-corrected chi connectivity index (χ4v) is 2.59. The van der Waals surface area contributed by atoms with E-state index in [2.05, 4.69) is 4.98 Å². The Hall–Kier alpha value is -3.92. The Morgan fingerprint density at radius 1 is 1.19 bits per heavy atom. The first-order chi connectivity index (χ1) is 13.1. The van der Waals surface area contributed by atoms with Gasteiger partial charge in [0.25, 0.3) is 5.69 Å². The number of nitrogens with zero attached hydrogens (tertiary/aromatic N) is 3. The molecular weight excluding hydrogens is 346 g/mol. The van der Waals surface area contributed by atoms with E-state index in [0.717, 1.165) is 5.56 Å². The highest BCUT2D eigenvalue weighted by Gasteiger charge is 2.12. The minimum atomic E-state index is -0.437. The number of para-hydroxylation sites is 1. The minimum absolute atomic E-state index is 0.0246. The van der Waals surface area contributed by atoms with E-state index in [4.69, 9.17) is 14.7 Å². The predicted octanol–water partition coefficient (Wildman–Crippen LogP) is 4.22. The number of nitro benzene ring substituents is 1. The van der Waals surface area contributed by atoms with E-state index in [1.165, 1.54) is 13.2 Å². The number of hydrogen-bond acceptors (Lipinski definition) is 6. The fourth-order valence-electron chi connectivity index (χ4n) is 2.59. The summed E-state index contributed by atoms with van der Waals surface area (Å²) < 4.78 is 10.6. The molecule has 7 heteroatoms. The molecule has 134 valence electrons. The average molecular weight is 361 g/mol. The third-order valence-corrected chi connectivity index (χ3v) is 3.84. The van der Waals surface area contributed by atoms with Gasteiger partial charge in [-0.15, -0.1) is 0 Å². The van der Waals surface area contributed by atoms with Crippen molar-refractivity contribution in [3.05, 3.63) is 69.9 Å². The van der Waals surface area contributed by atoms with Crippen LogP contribution in [-0.2, 0) is 0 Å². The summed E-state index contributed by atoms with van der Waals surface area (Å²) in [5.74, 6) is 0.991. The number of pyridine rings is 1. The molecule has 0 N–H and O–H groups in total. The number of methoxy groups -OCH3 is 1. The Morgan fingerprint density at radius 2 is 2.04 bits per heavy atom. The van der Waals surface area contributed by atoms with Gasteiger partial charge in [-0.1, -0.05) is 30.3 Å². The molecule has 0 saturated heterocycles. The summed E-state index contributed by atoms with van der Waals surface area (Å²) >= 11 is 0. The van der Waals surface area contributed by atoms with Gasteiger partial charge in [-0.05, 0) is 29.8 Å². The van der Waals surface area contributed by atoms with Crippen LogP contribution < -0.4 is 9.47 Å². The van der Waals surface area contributed by atoms with Gasteiger partial charge in [0.15, 0.2) is 18.1 Å². The Bertz CT molecular complexity index is 1070. The van der Waals surface area contributed by atoms with E-state index in [1.807, 2.05) is 18.2 Å². The van der Waals surface area contributed by atoms with Crippen molar-refractivity contribution in [2.45, 2.75) is 0 Å². The molecular formula is C20H15N3O4. The summed E-state index contributed by atoms with van der Waals surface area (Å²) in [6.45, 7) is -0.0642. The SMILES string of the molecule is COc1cc(C=Cc2ccc3cccc([N+](=O)[O-])c3n2)ccc1OCC#N. The second kappa shape index (κ2) is 7.97. The van der Waals surface area contributed by atoms with Gasteiger partial charge in [-0.25, -0.2) is 4.98 Å². The Labute approximate surface area is 155 Å². The molecule has 2 aromatic carbocycles. The van der Waals surface area contributed by atoms with E-state index in [9.17, 15) is 10.1 Å². The van der Waals surface area contributed by atoms with Crippen molar-refractivity contribution in [1.29, 1.82) is 5.26 Å². The van der Waals surface area contributed by atoms with Crippen LogP contribution in [0.25, 0.3) is 23.1 Å². The molecule has 3 rings (SSSR count). The number of benzene rings is 2. The minimum Gasteiger partial charge on any atom is -0.493 e. The highest BCUT2D eigenvalue weighted by atomic mass is 16.6. The molecule has 27 heavy (non-hydrogen) atoms. The highest BCUT2D eigenvalue weighted by molar-refractivity contribution is 5.88. The monoisotopic (exact) mass is 361 g/mol. The van der Waals surface area contributed by atoms with Gasteiger partial charge in [0.05, 0.1) is 17.7 Å². The van der Waals surface area contributed by atoms with Crippen LogP contribution in [0.15, 0.2) is 48.5 Å². The lowest BCUT2D eigenvalue weighted by atomic mass is 10.1. The summed E-state index contributed by atoms with van der Waals surface area (Å²) in [6.07, 6.45) is 3.58. The van der Waals surface area contributed by atoms with Crippen LogP contribution in [-0.4, -0.2) is 23.6 Å². The summed E-state index contributed by atoms with van der Waals surface area (Å²) in [5, 5.41) is 20.5. The molecule has 0 aliphatic rings. The van der Waals surface area contributed by atoms with Crippen LogP contribution in [0, 0.1) is 21.4 Å². The van der Waals surface area contributed by atoms with Crippen LogP contribution in [0.3, 0.4) is 0 Å². The van der Waals surface area contributed by atoms with E-state index in [1.54, 1.807) is 42.5 Å². The topological polar surface area (TPSA) is 98.3 Å². The number of nitro groups is 1. The molecule has 1 aromatic heterocycles. The summed E-state index contributed by atoms with van der Waals surface area (Å²) in [4.78, 5) is 15.1. The van der Waals surface area contributed by atoms with Crippen LogP contribution in [0.4, 0.5) is 5.69 Å². The Kier molecular flexibility index (Phi) is 5.28. The van der Waals surface area contributed by atoms with Crippen LogP contribution in [0.5, 0.6) is 11.5 Å². The van der Waals surface area contributed by atoms with Crippen molar-refractivity contribution in [3.63, 3.8) is 0 Å². The first-order valence-corrected chi connectivity index (χ1v) is 8.02. The van der Waals surface area contributed by atoms with Gasteiger partial charge in [-0.2, -0.15) is 5.26 Å². The largest absolute Gasteiger partial charge is 0.493 e. The zero-order valence-electron chi connectivity index (χ0n) is 14.5. The second-order valence-corrected chi connectivity index (χ2v) is 5.53. The van der Waals surface area contributed by atoms with Crippen LogP contribution in [0.1, 0.15) is 11.3 Å². The molecule has 0 aliphatic carbocycles. The second-order valence-electron chi connectivity index (χ2n) is 5.53. The molecule has 0 unspecified atom stereocenters. The third-order valence-electron chi connectivity index (χ3n) is 3.84. The smallest absolute Gasteiger partial charge is 0.295 e. The number of rotatable bonds is 6. The van der Waals surface area contributed by atoms with E-state index >= 15 is 0 Å². The van der Waals surface area contributed by atoms with Crippen molar-refractivity contribution >= 4 is 28.7 Å². The first-order valence-electron chi connectivity index (χ1n) is 8.02. The van der Waals surface area contributed by atoms with Crippen molar-refractivity contribution in [3.8, 4) is 17.6 Å². The standard InChI is InChI=1S/C20H15N3O4/c1-26-19-13-14(6-10-18(19)27-12-11-21)5-8-16-9-7-15-3-2-4-17(23(24)25)20(15)22-16/h2-10,13H,12H2,1H3. The molecule has 3 aromatic rings. The van der Waals surface area contributed by atoms with Crippen molar-refractivity contribution < 1.29 is 14.4 Å². The quantitative estimate of drug-likeness (QED) is 0.481. The van der Waals surface area contributed by atoms with Crippen LogP contribution in [0.2, 0.25) is 0 Å². The van der Waals surface area contributed by atoms with Gasteiger partial charge in [-0.3, -0.25) is 10.1 Å². The summed E-state index contributed by atoms with van der Waals surface area (Å²) in [5.41, 5.74) is 1.76. The lowest BCUT2D eigenvalue weighted by Gasteiger charge is -2.08. The van der Waals surface area contributed by atoms with Gasteiger partial charge < -0.3 is 9.47 Å². The number of fused-ring (bicyclic) bond motifs is 1. The Balaban J connectivity index is 1.91. The van der Waals surface area contributed by atoms with E-state index in [-0.39, 0.29) is 12.3 Å². The Morgan fingerprint density at radius 3 is 2.78 bits per heavy atom. The molecule has 0 saturated carbocycles. The van der Waals surface area contributed by atoms with Gasteiger partial charge >= 0.3 is 0 Å². The van der Waals surface area contributed by atoms with Crippen molar-refractivity contribution in [1.82, 2.24) is 4.98 Å². The molecule has 7 nitrogen and oxygen atoms in total. The van der Waals surface area contributed by atoms with E-state index in [0.29, 0.717) is 28.1 Å². The lowest BCUT2D eigenvalue weighted by molar-refractivity contribution is -0.383. The molecule has 0 radical (unpaired) electrons. The summed E-state index contributed by atoms with van der Waals surface area (Å²) in [7, 11) is 1.52. The molecule has 0 amide bonds. The number of aromatic nitrogens is 1. The molecule has 0 aliphatic heterocycles. The van der Waals surface area contributed by atoms with Gasteiger partial charge in [0, 0.05) is 11.5 Å². The highest BCUT2D eigenvalue weighted by Crippen LogP contribution is 2.29. The van der Waals surface area contributed by atoms with Crippen molar-refractivity contribution in [2.75, 3.05) is 13.7 Å². The summed E-state index contributed by atoms with van der Waals surface area (Å²) in [6, 6.07) is 15.7. The lowest BCUT2D eigenvalue weighted by Crippen LogP contribution is -1.96. The number of non-ortho nitro benzene ring substituents is 1.